The Hall–Kier alpha value is -1.49. The van der Waals surface area contributed by atoms with E-state index in [4.69, 9.17) is 33.2 Å². The third-order valence-corrected chi connectivity index (χ3v) is 14.1. The van der Waals surface area contributed by atoms with E-state index in [0.717, 1.165) is 0 Å². The van der Waals surface area contributed by atoms with Crippen molar-refractivity contribution in [1.29, 1.82) is 0 Å². The van der Waals surface area contributed by atoms with Crippen LogP contribution in [-0.4, -0.2) is 245 Å². The van der Waals surface area contributed by atoms with Gasteiger partial charge in [-0.05, 0) is 27.7 Å². The molecular weight excluding hydrogens is 1280 g/mol. The molecule has 0 radical (unpaired) electrons. The first-order chi connectivity index (χ1) is 34.3. The van der Waals surface area contributed by atoms with Gasteiger partial charge >= 0.3 is 93.6 Å². The minimum Gasteiger partial charge on any atom is -0.366 e. The molecule has 0 amide bonds. The Kier molecular flexibility index (Phi) is 21.5. The molecule has 4 aliphatic rings. The Morgan fingerprint density at radius 3 is 0.831 bits per heavy atom. The first-order valence-corrected chi connectivity index (χ1v) is 31.8. The third-order valence-electron chi connectivity index (χ3n) is 9.88. The zero-order valence-electron chi connectivity index (χ0n) is 37.6. The van der Waals surface area contributed by atoms with E-state index in [-0.39, 0.29) is 0 Å². The predicted molar refractivity (Wildman–Crippen MR) is 222 cm³/mol. The van der Waals surface area contributed by atoms with Crippen LogP contribution in [0.3, 0.4) is 0 Å². The second kappa shape index (κ2) is 24.4. The van der Waals surface area contributed by atoms with Gasteiger partial charge in [-0.3, -0.25) is 41.0 Å². The predicted octanol–water partition coefficient (Wildman–Crippen LogP) is -7.19. The molecule has 53 heteroatoms. The quantitative estimate of drug-likeness (QED) is 0.0380. The van der Waals surface area contributed by atoms with E-state index in [0.29, 0.717) is 27.7 Å². The fourth-order valence-electron chi connectivity index (χ4n) is 7.51. The molecule has 4 saturated heterocycles. The molecule has 0 spiro atoms. The molecule has 0 aromatic carbocycles. The van der Waals surface area contributed by atoms with E-state index in [9.17, 15) is 122 Å². The van der Waals surface area contributed by atoms with E-state index >= 15 is 0 Å². The van der Waals surface area contributed by atoms with Gasteiger partial charge in [0.1, 0.15) is 54.9 Å². The first-order valence-electron chi connectivity index (χ1n) is 19.5. The smallest absolute Gasteiger partial charge is 0.366 e. The highest BCUT2D eigenvalue weighted by Gasteiger charge is 2.61. The highest BCUT2D eigenvalue weighted by Crippen LogP contribution is 2.41. The van der Waals surface area contributed by atoms with Crippen LogP contribution in [0.25, 0.3) is 0 Å². The van der Waals surface area contributed by atoms with Crippen LogP contribution in [-0.2, 0) is 164 Å². The summed E-state index contributed by atoms with van der Waals surface area (Å²) in [4.78, 5) is 0. The largest absolute Gasteiger partial charge is 0.397 e. The average Bonchev–Trinajstić information content (AvgIpc) is 3.45. The Morgan fingerprint density at radius 1 is 0.312 bits per heavy atom. The molecule has 0 saturated carbocycles. The number of rotatable bonds is 25. The summed E-state index contributed by atoms with van der Waals surface area (Å²) in [6.45, 7) is 2.62. The van der Waals surface area contributed by atoms with Crippen molar-refractivity contribution < 1.29 is 193 Å². The Bertz CT molecular complexity index is 3130. The van der Waals surface area contributed by atoms with Gasteiger partial charge in [0.2, 0.25) is 0 Å². The molecule has 44 nitrogen and oxygen atoms in total. The monoisotopic (exact) mass is 1320 g/mol. The summed E-state index contributed by atoms with van der Waals surface area (Å²) in [5.41, 5.74) is 0. The molecular formula is C24H42O44S9. The van der Waals surface area contributed by atoms with Crippen LogP contribution in [0.2, 0.25) is 0 Å². The van der Waals surface area contributed by atoms with Gasteiger partial charge < -0.3 is 38.3 Å². The van der Waals surface area contributed by atoms with Crippen molar-refractivity contribution >= 4 is 93.6 Å². The number of aliphatic hydroxyl groups excluding tert-OH is 1. The zero-order valence-corrected chi connectivity index (χ0v) is 44.9. The standard InChI is InChI=1S/C24H42O44S9/c1-5-10(61-70(29,30)31)14(18(66-75(44,45)46)22(53-5)57-13-9(8(4)60-69(26,27)28)56-21(25)17(13)65-74(41,42)43)58-23-19(67-76(47,48)49)15(11(6(2)54-23)62-71(32,33)34)59-24-20(68-77(50,51)52)16(64-73(38,39)40)12(7(3)55-24)63-72(35,36)37/h5-25H,1-4H3,(H,26,27,28)(H,29,30,31)(H,32,33,34)(H,35,36,37)(H,38,39,40)(H,41,42,43)(H,44,45,46)(H,47,48,49)(H,50,51,52)/t5-,6-,7-,8+,9+,10+,11+,12+,13+,14+,15+,16+,17-,18-,19-,20-,21+,22-,23-,24-/m0/s1. The number of ether oxygens (including phenoxy) is 7. The molecule has 0 aliphatic carbocycles. The minimum atomic E-state index is -6.29. The molecule has 0 aromatic heterocycles. The van der Waals surface area contributed by atoms with Crippen molar-refractivity contribution in [3.05, 3.63) is 0 Å². The van der Waals surface area contributed by atoms with Gasteiger partial charge in [0, 0.05) is 0 Å². The summed E-state index contributed by atoms with van der Waals surface area (Å²) in [6, 6.07) is 0. The fraction of sp³-hybridized carbons (Fsp3) is 1.00. The summed E-state index contributed by atoms with van der Waals surface area (Å²) in [7, 11) is -54.0. The summed E-state index contributed by atoms with van der Waals surface area (Å²) in [6.07, 6.45) is -56.2. The van der Waals surface area contributed by atoms with Crippen molar-refractivity contribution in [2.75, 3.05) is 0 Å². The van der Waals surface area contributed by atoms with Gasteiger partial charge in [-0.1, -0.05) is 0 Å². The first kappa shape index (κ1) is 68.0. The van der Waals surface area contributed by atoms with E-state index in [1.807, 2.05) is 0 Å². The molecule has 4 rings (SSSR count). The Labute approximate surface area is 434 Å². The lowest BCUT2D eigenvalue weighted by molar-refractivity contribution is -0.368. The topological polar surface area (TPSA) is 657 Å². The third kappa shape index (κ3) is 21.3. The van der Waals surface area contributed by atoms with Crippen LogP contribution in [0.1, 0.15) is 27.7 Å². The average molecular weight is 1320 g/mol. The fourth-order valence-corrected chi connectivity index (χ4v) is 12.1. The van der Waals surface area contributed by atoms with Gasteiger partial charge in [0.25, 0.3) is 0 Å². The van der Waals surface area contributed by atoms with Crippen molar-refractivity contribution in [3.63, 3.8) is 0 Å². The Morgan fingerprint density at radius 2 is 0.545 bits per heavy atom. The lowest BCUT2D eigenvalue weighted by Gasteiger charge is -2.49. The van der Waals surface area contributed by atoms with Crippen LogP contribution in [0, 0.1) is 0 Å². The number of hydrogen-bond acceptors (Lipinski definition) is 35. The lowest BCUT2D eigenvalue weighted by atomic mass is 9.96. The molecule has 10 N–H and O–H groups in total. The van der Waals surface area contributed by atoms with Crippen molar-refractivity contribution in [1.82, 2.24) is 0 Å². The second-order valence-electron chi connectivity index (χ2n) is 15.6. The number of hydrogen-bond donors (Lipinski definition) is 10. The Balaban J connectivity index is 2.01. The maximum atomic E-state index is 12.6. The van der Waals surface area contributed by atoms with Gasteiger partial charge in [-0.2, -0.15) is 75.8 Å². The molecule has 456 valence electrons. The summed E-state index contributed by atoms with van der Waals surface area (Å²) in [5.74, 6) is 0. The van der Waals surface area contributed by atoms with E-state index < -0.39 is 216 Å². The summed E-state index contributed by atoms with van der Waals surface area (Å²) in [5, 5.41) is 10.6. The SMILES string of the molecule is C[C@@H]1O[C@@H](O[C@H]2[C@H](OS(=O)(=O)O)[C@H](O[C@H]3[C@H](OS(=O)(=O)O)[C@H](O)O[C@@H]3[C@@H](C)OS(=O)(=O)O)O[C@@H](C)[C@H]2OS(=O)(=O)O)[C@@H](OS(=O)(=O)O)[C@H](O[C@@H]2O[C@@H](C)[C@@H](OS(=O)(=O)O)[C@@H](OS(=O)(=O)O)[C@@H]2OS(=O)(=O)O)[C@@H]1OS(=O)(=O)O. The molecule has 4 aliphatic heterocycles. The lowest BCUT2D eigenvalue weighted by Crippen LogP contribution is -2.68. The zero-order chi connectivity index (χ0) is 59.4. The normalized spacial score (nSPS) is 37.1. The van der Waals surface area contributed by atoms with Crippen LogP contribution in [0.4, 0.5) is 0 Å². The van der Waals surface area contributed by atoms with Crippen LogP contribution in [0.5, 0.6) is 0 Å². The minimum absolute atomic E-state index is 0.622. The molecule has 4 fully saturated rings. The number of aliphatic hydroxyl groups is 1. The van der Waals surface area contributed by atoms with Gasteiger partial charge in [-0.15, -0.1) is 0 Å². The molecule has 0 unspecified atom stereocenters. The molecule has 20 atom stereocenters. The van der Waals surface area contributed by atoms with E-state index in [2.05, 4.69) is 37.6 Å². The van der Waals surface area contributed by atoms with Crippen LogP contribution >= 0.6 is 0 Å². The molecule has 0 aromatic rings. The van der Waals surface area contributed by atoms with E-state index in [1.165, 1.54) is 0 Å². The van der Waals surface area contributed by atoms with Crippen LogP contribution < -0.4 is 0 Å². The molecule has 0 bridgehead atoms. The van der Waals surface area contributed by atoms with Crippen molar-refractivity contribution in [2.24, 2.45) is 0 Å². The summed E-state index contributed by atoms with van der Waals surface area (Å²) >= 11 is 0. The second-order valence-corrected chi connectivity index (χ2v) is 25.0. The van der Waals surface area contributed by atoms with Crippen LogP contribution in [0.15, 0.2) is 0 Å². The highest BCUT2D eigenvalue weighted by atomic mass is 32.3. The highest BCUT2D eigenvalue weighted by molar-refractivity contribution is 7.82. The maximum Gasteiger partial charge on any atom is 0.397 e. The summed E-state index contributed by atoms with van der Waals surface area (Å²) < 4.78 is 382. The van der Waals surface area contributed by atoms with Gasteiger partial charge in [0.05, 0.1) is 18.3 Å². The van der Waals surface area contributed by atoms with Crippen molar-refractivity contribution in [2.45, 2.75) is 151 Å². The maximum absolute atomic E-state index is 12.6. The van der Waals surface area contributed by atoms with E-state index in [1.54, 1.807) is 0 Å². The van der Waals surface area contributed by atoms with Crippen molar-refractivity contribution in [3.8, 4) is 0 Å². The molecule has 4 heterocycles. The van der Waals surface area contributed by atoms with Gasteiger partial charge in [0.15, 0.2) is 49.6 Å². The van der Waals surface area contributed by atoms with Gasteiger partial charge in [-0.25, -0.2) is 37.6 Å². The molecule has 77 heavy (non-hydrogen) atoms.